The first-order valence-corrected chi connectivity index (χ1v) is 8.22. The van der Waals surface area contributed by atoms with Crippen LogP contribution < -0.4 is 15.4 Å². The molecule has 0 aliphatic rings. The summed E-state index contributed by atoms with van der Waals surface area (Å²) >= 11 is 7.54. The maximum atomic E-state index is 5.92. The molecule has 0 fully saturated rings. The predicted molar refractivity (Wildman–Crippen MR) is 110 cm³/mol. The standard InChI is InChI=1S/C16H20ClN3OS.HI/c1-18-16(19-9-8-14-6-7-15(17)22-14)20-11-12-4-3-5-13(10-12)21-2;/h3-7,10H,8-9,11H2,1-2H3,(H2,18,19,20);1H. The summed E-state index contributed by atoms with van der Waals surface area (Å²) in [5.74, 6) is 1.64. The zero-order valence-electron chi connectivity index (χ0n) is 13.1. The minimum absolute atomic E-state index is 0. The highest BCUT2D eigenvalue weighted by atomic mass is 127. The summed E-state index contributed by atoms with van der Waals surface area (Å²) in [5.41, 5.74) is 1.15. The van der Waals surface area contributed by atoms with Crippen molar-refractivity contribution in [1.29, 1.82) is 0 Å². The Hall–Kier alpha value is -0.990. The number of benzene rings is 1. The quantitative estimate of drug-likeness (QED) is 0.386. The third kappa shape index (κ3) is 6.97. The van der Waals surface area contributed by atoms with Gasteiger partial charge in [-0.25, -0.2) is 0 Å². The lowest BCUT2D eigenvalue weighted by molar-refractivity contribution is 0.414. The number of ether oxygens (including phenoxy) is 1. The Labute approximate surface area is 163 Å². The first-order valence-electron chi connectivity index (χ1n) is 7.03. The molecule has 1 aromatic carbocycles. The highest BCUT2D eigenvalue weighted by Gasteiger charge is 2.01. The van der Waals surface area contributed by atoms with E-state index in [1.165, 1.54) is 4.88 Å². The smallest absolute Gasteiger partial charge is 0.191 e. The predicted octanol–water partition coefficient (Wildman–Crippen LogP) is 3.94. The van der Waals surface area contributed by atoms with Crippen molar-refractivity contribution in [3.63, 3.8) is 0 Å². The second kappa shape index (κ2) is 10.7. The maximum absolute atomic E-state index is 5.92. The molecule has 126 valence electrons. The molecular formula is C16H21ClIN3OS. The minimum atomic E-state index is 0. The summed E-state index contributed by atoms with van der Waals surface area (Å²) in [6, 6.07) is 12.0. The van der Waals surface area contributed by atoms with E-state index in [-0.39, 0.29) is 24.0 Å². The third-order valence-electron chi connectivity index (χ3n) is 3.11. The fraction of sp³-hybridized carbons (Fsp3) is 0.312. The Kier molecular flexibility index (Phi) is 9.35. The molecule has 2 N–H and O–H groups in total. The minimum Gasteiger partial charge on any atom is -0.497 e. The largest absolute Gasteiger partial charge is 0.497 e. The van der Waals surface area contributed by atoms with Crippen LogP contribution in [0.1, 0.15) is 10.4 Å². The fourth-order valence-corrected chi connectivity index (χ4v) is 3.07. The van der Waals surface area contributed by atoms with Crippen molar-refractivity contribution in [2.45, 2.75) is 13.0 Å². The van der Waals surface area contributed by atoms with Gasteiger partial charge in [0, 0.05) is 25.0 Å². The van der Waals surface area contributed by atoms with Gasteiger partial charge in [0.2, 0.25) is 0 Å². The number of nitrogens with one attached hydrogen (secondary N) is 2. The van der Waals surface area contributed by atoms with Gasteiger partial charge in [0.15, 0.2) is 5.96 Å². The number of hydrogen-bond acceptors (Lipinski definition) is 3. The number of rotatable bonds is 6. The van der Waals surface area contributed by atoms with E-state index in [0.717, 1.165) is 34.6 Å². The van der Waals surface area contributed by atoms with Crippen LogP contribution in [-0.2, 0) is 13.0 Å². The summed E-state index contributed by atoms with van der Waals surface area (Å²) in [6.07, 6.45) is 0.928. The SMILES string of the molecule is CN=C(NCCc1ccc(Cl)s1)NCc1cccc(OC)c1.I. The molecule has 0 unspecified atom stereocenters. The maximum Gasteiger partial charge on any atom is 0.191 e. The van der Waals surface area contributed by atoms with Gasteiger partial charge in [-0.1, -0.05) is 23.7 Å². The molecule has 7 heteroatoms. The normalized spacial score (nSPS) is 10.8. The van der Waals surface area contributed by atoms with Crippen LogP contribution in [-0.4, -0.2) is 26.7 Å². The molecule has 4 nitrogen and oxygen atoms in total. The molecule has 2 rings (SSSR count). The van der Waals surface area contributed by atoms with Crippen molar-refractivity contribution in [1.82, 2.24) is 10.6 Å². The molecule has 0 bridgehead atoms. The number of halogens is 2. The second-order valence-electron chi connectivity index (χ2n) is 4.66. The topological polar surface area (TPSA) is 45.7 Å². The summed E-state index contributed by atoms with van der Waals surface area (Å²) in [4.78, 5) is 5.49. The van der Waals surface area contributed by atoms with Crippen molar-refractivity contribution in [3.8, 4) is 5.75 Å². The Morgan fingerprint density at radius 3 is 2.74 bits per heavy atom. The van der Waals surface area contributed by atoms with Gasteiger partial charge in [-0.3, -0.25) is 4.99 Å². The highest BCUT2D eigenvalue weighted by Crippen LogP contribution is 2.21. The van der Waals surface area contributed by atoms with E-state index in [2.05, 4.69) is 27.8 Å². The van der Waals surface area contributed by atoms with Crippen LogP contribution in [0, 0.1) is 0 Å². The number of nitrogens with zero attached hydrogens (tertiary/aromatic N) is 1. The molecule has 0 aliphatic heterocycles. The van der Waals surface area contributed by atoms with E-state index in [1.807, 2.05) is 24.3 Å². The van der Waals surface area contributed by atoms with E-state index in [1.54, 1.807) is 25.5 Å². The van der Waals surface area contributed by atoms with Crippen LogP contribution >= 0.6 is 46.9 Å². The number of aliphatic imine (C=N–C) groups is 1. The van der Waals surface area contributed by atoms with Crippen molar-refractivity contribution in [3.05, 3.63) is 51.2 Å². The highest BCUT2D eigenvalue weighted by molar-refractivity contribution is 14.0. The third-order valence-corrected chi connectivity index (χ3v) is 4.40. The van der Waals surface area contributed by atoms with Crippen molar-refractivity contribution in [2.24, 2.45) is 4.99 Å². The number of thiophene rings is 1. The van der Waals surface area contributed by atoms with Crippen molar-refractivity contribution in [2.75, 3.05) is 20.7 Å². The van der Waals surface area contributed by atoms with Crippen molar-refractivity contribution >= 4 is 52.9 Å². The fourth-order valence-electron chi connectivity index (χ4n) is 1.98. The lowest BCUT2D eigenvalue weighted by atomic mass is 10.2. The number of hydrogen-bond donors (Lipinski definition) is 2. The Morgan fingerprint density at radius 2 is 2.09 bits per heavy atom. The summed E-state index contributed by atoms with van der Waals surface area (Å²) in [7, 11) is 3.44. The molecular weight excluding hydrogens is 445 g/mol. The van der Waals surface area contributed by atoms with Gasteiger partial charge in [-0.15, -0.1) is 35.3 Å². The molecule has 23 heavy (non-hydrogen) atoms. The van der Waals surface area contributed by atoms with Gasteiger partial charge in [0.25, 0.3) is 0 Å². The lowest BCUT2D eigenvalue weighted by Crippen LogP contribution is -2.37. The van der Waals surface area contributed by atoms with Crippen LogP contribution in [0.4, 0.5) is 0 Å². The Morgan fingerprint density at radius 1 is 1.26 bits per heavy atom. The molecule has 0 saturated heterocycles. The summed E-state index contributed by atoms with van der Waals surface area (Å²) < 4.78 is 6.05. The Bertz CT molecular complexity index is 633. The van der Waals surface area contributed by atoms with Crippen LogP contribution in [0.15, 0.2) is 41.4 Å². The lowest BCUT2D eigenvalue weighted by Gasteiger charge is -2.12. The van der Waals surface area contributed by atoms with Crippen LogP contribution in [0.5, 0.6) is 5.75 Å². The van der Waals surface area contributed by atoms with Gasteiger partial charge < -0.3 is 15.4 Å². The van der Waals surface area contributed by atoms with E-state index >= 15 is 0 Å². The molecule has 0 amide bonds. The van der Waals surface area contributed by atoms with E-state index in [4.69, 9.17) is 16.3 Å². The van der Waals surface area contributed by atoms with Gasteiger partial charge in [-0.05, 0) is 36.2 Å². The average molecular weight is 466 g/mol. The van der Waals surface area contributed by atoms with E-state index in [0.29, 0.717) is 6.54 Å². The van der Waals surface area contributed by atoms with Crippen LogP contribution in [0.3, 0.4) is 0 Å². The number of methoxy groups -OCH3 is 1. The molecule has 0 aliphatic carbocycles. The number of guanidine groups is 1. The molecule has 0 saturated carbocycles. The van der Waals surface area contributed by atoms with E-state index in [9.17, 15) is 0 Å². The zero-order valence-corrected chi connectivity index (χ0v) is 17.0. The van der Waals surface area contributed by atoms with Crippen molar-refractivity contribution < 1.29 is 4.74 Å². The second-order valence-corrected chi connectivity index (χ2v) is 6.46. The molecule has 1 aromatic heterocycles. The van der Waals surface area contributed by atoms with Crippen LogP contribution in [0.25, 0.3) is 0 Å². The van der Waals surface area contributed by atoms with Crippen LogP contribution in [0.2, 0.25) is 4.34 Å². The molecule has 0 atom stereocenters. The van der Waals surface area contributed by atoms with Gasteiger partial charge in [-0.2, -0.15) is 0 Å². The van der Waals surface area contributed by atoms with E-state index < -0.39 is 0 Å². The van der Waals surface area contributed by atoms with Gasteiger partial charge in [0.05, 0.1) is 11.4 Å². The molecule has 0 spiro atoms. The van der Waals surface area contributed by atoms with Gasteiger partial charge >= 0.3 is 0 Å². The monoisotopic (exact) mass is 465 g/mol. The summed E-state index contributed by atoms with van der Waals surface area (Å²) in [6.45, 7) is 1.51. The zero-order chi connectivity index (χ0) is 15.8. The average Bonchev–Trinajstić information content (AvgIpc) is 2.96. The Balaban J connectivity index is 0.00000264. The van der Waals surface area contributed by atoms with Gasteiger partial charge in [0.1, 0.15) is 5.75 Å². The molecule has 2 aromatic rings. The molecule has 1 heterocycles. The molecule has 0 radical (unpaired) electrons. The first-order chi connectivity index (χ1) is 10.7. The first kappa shape index (κ1) is 20.1. The summed E-state index contributed by atoms with van der Waals surface area (Å²) in [5, 5.41) is 6.59.